The van der Waals surface area contributed by atoms with Gasteiger partial charge in [0.1, 0.15) is 23.9 Å². The maximum absolute atomic E-state index is 13.3. The Balaban J connectivity index is 2.16. The molecule has 1 heterocycles. The van der Waals surface area contributed by atoms with Gasteiger partial charge in [0.05, 0.1) is 6.26 Å². The summed E-state index contributed by atoms with van der Waals surface area (Å²) in [4.78, 5) is 0. The number of furan rings is 1. The molecule has 0 amide bonds. The Kier molecular flexibility index (Phi) is 3.99. The molecule has 1 aromatic carbocycles. The van der Waals surface area contributed by atoms with Crippen molar-refractivity contribution in [3.8, 4) is 5.75 Å². The third kappa shape index (κ3) is 2.90. The molecule has 1 aromatic heterocycles. The van der Waals surface area contributed by atoms with Gasteiger partial charge < -0.3 is 14.5 Å². The Morgan fingerprint density at radius 1 is 1.39 bits per heavy atom. The second-order valence-corrected chi connectivity index (χ2v) is 4.06. The molecular formula is C14H16FNO2. The summed E-state index contributed by atoms with van der Waals surface area (Å²) in [5, 5.41) is 3.07. The van der Waals surface area contributed by atoms with Gasteiger partial charge in [0.2, 0.25) is 0 Å². The molecular weight excluding hydrogens is 233 g/mol. The highest BCUT2D eigenvalue weighted by Gasteiger charge is 2.12. The highest BCUT2D eigenvalue weighted by atomic mass is 19.1. The Morgan fingerprint density at radius 3 is 2.89 bits per heavy atom. The van der Waals surface area contributed by atoms with E-state index in [9.17, 15) is 4.39 Å². The minimum atomic E-state index is -0.266. The van der Waals surface area contributed by atoms with Crippen LogP contribution in [0.15, 0.2) is 41.0 Å². The summed E-state index contributed by atoms with van der Waals surface area (Å²) in [7, 11) is 1.83. The molecule has 3 nitrogen and oxygen atoms in total. The summed E-state index contributed by atoms with van der Waals surface area (Å²) >= 11 is 0. The summed E-state index contributed by atoms with van der Waals surface area (Å²) in [5.74, 6) is 1.13. The molecule has 0 aliphatic rings. The number of rotatable bonds is 5. The summed E-state index contributed by atoms with van der Waals surface area (Å²) in [6.07, 6.45) is 1.60. The van der Waals surface area contributed by atoms with Gasteiger partial charge in [-0.2, -0.15) is 0 Å². The van der Waals surface area contributed by atoms with Crippen LogP contribution in [0.25, 0.3) is 0 Å². The van der Waals surface area contributed by atoms with E-state index in [2.05, 4.69) is 5.32 Å². The van der Waals surface area contributed by atoms with E-state index in [1.807, 2.05) is 20.0 Å². The van der Waals surface area contributed by atoms with E-state index in [4.69, 9.17) is 9.15 Å². The SMILES string of the molecule is CNC(C)c1cc(F)ccc1OCc1ccco1. The fourth-order valence-electron chi connectivity index (χ4n) is 1.69. The van der Waals surface area contributed by atoms with Crippen LogP contribution in [-0.2, 0) is 6.61 Å². The average molecular weight is 249 g/mol. The zero-order valence-corrected chi connectivity index (χ0v) is 10.4. The summed E-state index contributed by atoms with van der Waals surface area (Å²) in [5.41, 5.74) is 0.795. The zero-order chi connectivity index (χ0) is 13.0. The second-order valence-electron chi connectivity index (χ2n) is 4.06. The number of halogens is 1. The number of ether oxygens (including phenoxy) is 1. The first-order valence-corrected chi connectivity index (χ1v) is 5.82. The van der Waals surface area contributed by atoms with E-state index in [1.165, 1.54) is 12.1 Å². The minimum Gasteiger partial charge on any atom is -0.485 e. The second kappa shape index (κ2) is 5.69. The molecule has 0 spiro atoms. The first-order chi connectivity index (χ1) is 8.70. The molecule has 1 N–H and O–H groups in total. The molecule has 2 rings (SSSR count). The van der Waals surface area contributed by atoms with Crippen molar-refractivity contribution < 1.29 is 13.5 Å². The number of hydrogen-bond donors (Lipinski definition) is 1. The average Bonchev–Trinajstić information content (AvgIpc) is 2.89. The largest absolute Gasteiger partial charge is 0.485 e. The van der Waals surface area contributed by atoms with Crippen molar-refractivity contribution in [2.45, 2.75) is 19.6 Å². The third-order valence-corrected chi connectivity index (χ3v) is 2.82. The number of benzene rings is 1. The van der Waals surface area contributed by atoms with E-state index < -0.39 is 0 Å². The van der Waals surface area contributed by atoms with Crippen molar-refractivity contribution >= 4 is 0 Å². The molecule has 1 unspecified atom stereocenters. The van der Waals surface area contributed by atoms with Crippen LogP contribution in [0.2, 0.25) is 0 Å². The molecule has 2 aromatic rings. The summed E-state index contributed by atoms with van der Waals surface area (Å²) < 4.78 is 24.1. The van der Waals surface area contributed by atoms with Crippen LogP contribution in [0.5, 0.6) is 5.75 Å². The lowest BCUT2D eigenvalue weighted by Gasteiger charge is -2.16. The van der Waals surface area contributed by atoms with Gasteiger partial charge in [-0.3, -0.25) is 0 Å². The molecule has 18 heavy (non-hydrogen) atoms. The van der Waals surface area contributed by atoms with Crippen LogP contribution in [0.1, 0.15) is 24.3 Å². The highest BCUT2D eigenvalue weighted by molar-refractivity contribution is 5.36. The molecule has 0 fully saturated rings. The topological polar surface area (TPSA) is 34.4 Å². The number of hydrogen-bond acceptors (Lipinski definition) is 3. The fraction of sp³-hybridized carbons (Fsp3) is 0.286. The predicted octanol–water partition coefficient (Wildman–Crippen LogP) is 3.28. The quantitative estimate of drug-likeness (QED) is 0.883. The van der Waals surface area contributed by atoms with E-state index in [0.29, 0.717) is 12.4 Å². The van der Waals surface area contributed by atoms with E-state index in [1.54, 1.807) is 18.4 Å². The van der Waals surface area contributed by atoms with Crippen LogP contribution in [0.3, 0.4) is 0 Å². The zero-order valence-electron chi connectivity index (χ0n) is 10.4. The smallest absolute Gasteiger partial charge is 0.146 e. The van der Waals surface area contributed by atoms with E-state index in [-0.39, 0.29) is 11.9 Å². The van der Waals surface area contributed by atoms with Crippen molar-refractivity contribution in [2.24, 2.45) is 0 Å². The summed E-state index contributed by atoms with van der Waals surface area (Å²) in [6, 6.07) is 8.18. The van der Waals surface area contributed by atoms with Crippen molar-refractivity contribution in [3.63, 3.8) is 0 Å². The molecule has 96 valence electrons. The molecule has 0 aliphatic heterocycles. The Bertz CT molecular complexity index is 497. The van der Waals surface area contributed by atoms with E-state index >= 15 is 0 Å². The van der Waals surface area contributed by atoms with Gasteiger partial charge in [0, 0.05) is 11.6 Å². The highest BCUT2D eigenvalue weighted by Crippen LogP contribution is 2.26. The van der Waals surface area contributed by atoms with Crippen LogP contribution in [0.4, 0.5) is 4.39 Å². The van der Waals surface area contributed by atoms with Gasteiger partial charge in [-0.05, 0) is 44.3 Å². The van der Waals surface area contributed by atoms with Crippen molar-refractivity contribution in [1.82, 2.24) is 5.32 Å². The third-order valence-electron chi connectivity index (χ3n) is 2.82. The molecule has 1 atom stereocenters. The van der Waals surface area contributed by atoms with Gasteiger partial charge in [-0.1, -0.05) is 0 Å². The maximum atomic E-state index is 13.3. The van der Waals surface area contributed by atoms with Crippen LogP contribution >= 0.6 is 0 Å². The van der Waals surface area contributed by atoms with Crippen LogP contribution in [-0.4, -0.2) is 7.05 Å². The molecule has 4 heteroatoms. The van der Waals surface area contributed by atoms with E-state index in [0.717, 1.165) is 11.3 Å². The van der Waals surface area contributed by atoms with Gasteiger partial charge in [0.25, 0.3) is 0 Å². The Hall–Kier alpha value is -1.81. The van der Waals surface area contributed by atoms with Crippen molar-refractivity contribution in [3.05, 3.63) is 53.7 Å². The monoisotopic (exact) mass is 249 g/mol. The Morgan fingerprint density at radius 2 is 2.22 bits per heavy atom. The number of nitrogens with one attached hydrogen (secondary N) is 1. The fourth-order valence-corrected chi connectivity index (χ4v) is 1.69. The lowest BCUT2D eigenvalue weighted by atomic mass is 10.1. The lowest BCUT2D eigenvalue weighted by molar-refractivity contribution is 0.265. The maximum Gasteiger partial charge on any atom is 0.146 e. The van der Waals surface area contributed by atoms with Crippen LogP contribution in [0, 0.1) is 5.82 Å². The van der Waals surface area contributed by atoms with Crippen molar-refractivity contribution in [1.29, 1.82) is 0 Å². The Labute approximate surface area is 106 Å². The van der Waals surface area contributed by atoms with Gasteiger partial charge in [-0.15, -0.1) is 0 Å². The summed E-state index contributed by atoms with van der Waals surface area (Å²) in [6.45, 7) is 2.29. The molecule has 0 aliphatic carbocycles. The first kappa shape index (κ1) is 12.6. The molecule has 0 radical (unpaired) electrons. The predicted molar refractivity (Wildman–Crippen MR) is 66.9 cm³/mol. The molecule has 0 bridgehead atoms. The minimum absolute atomic E-state index is 0.0206. The van der Waals surface area contributed by atoms with Gasteiger partial charge in [-0.25, -0.2) is 4.39 Å². The normalized spacial score (nSPS) is 12.4. The molecule has 0 saturated heterocycles. The lowest BCUT2D eigenvalue weighted by Crippen LogP contribution is -2.14. The molecule has 0 saturated carbocycles. The standard InChI is InChI=1S/C14H16FNO2/c1-10(16-2)13-8-11(15)5-6-14(13)18-9-12-4-3-7-17-12/h3-8,10,16H,9H2,1-2H3. The van der Waals surface area contributed by atoms with Gasteiger partial charge in [0.15, 0.2) is 0 Å². The first-order valence-electron chi connectivity index (χ1n) is 5.82. The van der Waals surface area contributed by atoms with Gasteiger partial charge >= 0.3 is 0 Å². The van der Waals surface area contributed by atoms with Crippen molar-refractivity contribution in [2.75, 3.05) is 7.05 Å². The van der Waals surface area contributed by atoms with Crippen LogP contribution < -0.4 is 10.1 Å².